The van der Waals surface area contributed by atoms with Crippen molar-refractivity contribution in [3.63, 3.8) is 0 Å². The molecule has 0 bridgehead atoms. The minimum absolute atomic E-state index is 0.203. The van der Waals surface area contributed by atoms with Gasteiger partial charge in [0.15, 0.2) is 9.84 Å². The zero-order valence-corrected chi connectivity index (χ0v) is 12.5. The van der Waals surface area contributed by atoms with Crippen molar-refractivity contribution in [2.45, 2.75) is 17.9 Å². The predicted octanol–water partition coefficient (Wildman–Crippen LogP) is 0.368. The molecule has 7 nitrogen and oxygen atoms in total. The molecule has 0 radical (unpaired) electrons. The number of sulfone groups is 1. The van der Waals surface area contributed by atoms with Gasteiger partial charge in [-0.1, -0.05) is 12.1 Å². The van der Waals surface area contributed by atoms with Gasteiger partial charge in [0, 0.05) is 6.26 Å². The van der Waals surface area contributed by atoms with Crippen LogP contribution in [0.2, 0.25) is 0 Å². The SMILES string of the molecule is CC(NC(=O)COCC(=O)O)c1ccc(S(C)(=O)=O)cc1. The Labute approximate surface area is 122 Å². The molecule has 116 valence electrons. The monoisotopic (exact) mass is 315 g/mol. The Bertz CT molecular complexity index is 608. The van der Waals surface area contributed by atoms with Crippen molar-refractivity contribution < 1.29 is 27.9 Å². The van der Waals surface area contributed by atoms with Crippen molar-refractivity contribution >= 4 is 21.7 Å². The lowest BCUT2D eigenvalue weighted by atomic mass is 10.1. The first-order valence-electron chi connectivity index (χ1n) is 6.09. The predicted molar refractivity (Wildman–Crippen MR) is 74.6 cm³/mol. The number of carboxylic acids is 1. The van der Waals surface area contributed by atoms with E-state index >= 15 is 0 Å². The average Bonchev–Trinajstić information content (AvgIpc) is 2.37. The second-order valence-corrected chi connectivity index (χ2v) is 6.53. The van der Waals surface area contributed by atoms with Crippen LogP contribution in [0.25, 0.3) is 0 Å². The Morgan fingerprint density at radius 3 is 2.29 bits per heavy atom. The van der Waals surface area contributed by atoms with Crippen molar-refractivity contribution in [1.82, 2.24) is 5.32 Å². The van der Waals surface area contributed by atoms with Crippen molar-refractivity contribution in [3.05, 3.63) is 29.8 Å². The molecule has 1 atom stereocenters. The van der Waals surface area contributed by atoms with Crippen molar-refractivity contribution in [2.24, 2.45) is 0 Å². The number of aliphatic carboxylic acids is 1. The van der Waals surface area contributed by atoms with Crippen LogP contribution in [-0.2, 0) is 24.2 Å². The van der Waals surface area contributed by atoms with Crippen LogP contribution in [0, 0.1) is 0 Å². The average molecular weight is 315 g/mol. The van der Waals surface area contributed by atoms with E-state index in [0.717, 1.165) is 11.8 Å². The van der Waals surface area contributed by atoms with Crippen LogP contribution in [0.4, 0.5) is 0 Å². The van der Waals surface area contributed by atoms with Crippen LogP contribution in [0.5, 0.6) is 0 Å². The minimum atomic E-state index is -3.25. The summed E-state index contributed by atoms with van der Waals surface area (Å²) in [7, 11) is -3.25. The third-order valence-corrected chi connectivity index (χ3v) is 3.77. The smallest absolute Gasteiger partial charge is 0.329 e. The largest absolute Gasteiger partial charge is 0.480 e. The molecule has 0 aliphatic carbocycles. The lowest BCUT2D eigenvalue weighted by molar-refractivity contribution is -0.143. The van der Waals surface area contributed by atoms with Gasteiger partial charge in [-0.05, 0) is 24.6 Å². The molecule has 1 aromatic rings. The molecule has 2 N–H and O–H groups in total. The van der Waals surface area contributed by atoms with E-state index in [1.807, 2.05) is 0 Å². The zero-order valence-electron chi connectivity index (χ0n) is 11.7. The fraction of sp³-hybridized carbons (Fsp3) is 0.385. The standard InChI is InChI=1S/C13H17NO6S/c1-9(14-12(15)7-20-8-13(16)17)10-3-5-11(6-4-10)21(2,18)19/h3-6,9H,7-8H2,1-2H3,(H,14,15)(H,16,17). The van der Waals surface area contributed by atoms with Gasteiger partial charge in [0.2, 0.25) is 5.91 Å². The molecule has 21 heavy (non-hydrogen) atoms. The first-order chi connectivity index (χ1) is 9.70. The van der Waals surface area contributed by atoms with E-state index in [0.29, 0.717) is 0 Å². The van der Waals surface area contributed by atoms with Crippen molar-refractivity contribution in [2.75, 3.05) is 19.5 Å². The first kappa shape index (κ1) is 17.1. The van der Waals surface area contributed by atoms with Crippen LogP contribution in [-0.4, -0.2) is 44.9 Å². The summed E-state index contributed by atoms with van der Waals surface area (Å²) in [5.41, 5.74) is 0.731. The van der Waals surface area contributed by atoms with Crippen LogP contribution >= 0.6 is 0 Å². The number of rotatable bonds is 7. The van der Waals surface area contributed by atoms with Crippen LogP contribution in [0.15, 0.2) is 29.2 Å². The van der Waals surface area contributed by atoms with Gasteiger partial charge in [-0.15, -0.1) is 0 Å². The van der Waals surface area contributed by atoms with Gasteiger partial charge in [0.25, 0.3) is 0 Å². The van der Waals surface area contributed by atoms with Gasteiger partial charge < -0.3 is 15.2 Å². The summed E-state index contributed by atoms with van der Waals surface area (Å²) in [5.74, 6) is -1.59. The van der Waals surface area contributed by atoms with Crippen molar-refractivity contribution in [3.8, 4) is 0 Å². The molecule has 0 heterocycles. The van der Waals surface area contributed by atoms with Crippen LogP contribution in [0.3, 0.4) is 0 Å². The Balaban J connectivity index is 2.57. The Morgan fingerprint density at radius 2 is 1.81 bits per heavy atom. The highest BCUT2D eigenvalue weighted by Gasteiger charge is 2.12. The number of nitrogens with one attached hydrogen (secondary N) is 1. The number of amides is 1. The summed E-state index contributed by atoms with van der Waals surface area (Å²) < 4.78 is 27.3. The van der Waals surface area contributed by atoms with E-state index in [1.54, 1.807) is 19.1 Å². The van der Waals surface area contributed by atoms with Gasteiger partial charge in [-0.25, -0.2) is 13.2 Å². The molecule has 1 aromatic carbocycles. The number of carbonyl (C=O) groups is 2. The quantitative estimate of drug-likeness (QED) is 0.752. The molecule has 0 saturated heterocycles. The van der Waals surface area contributed by atoms with E-state index in [-0.39, 0.29) is 17.5 Å². The molecule has 8 heteroatoms. The first-order valence-corrected chi connectivity index (χ1v) is 7.98. The van der Waals surface area contributed by atoms with Crippen LogP contribution in [0.1, 0.15) is 18.5 Å². The number of benzene rings is 1. The maximum atomic E-state index is 11.5. The highest BCUT2D eigenvalue weighted by Crippen LogP contribution is 2.16. The Kier molecular flexibility index (Phi) is 5.86. The Hall–Kier alpha value is -1.93. The molecule has 1 rings (SSSR count). The summed E-state index contributed by atoms with van der Waals surface area (Å²) in [4.78, 5) is 21.9. The fourth-order valence-electron chi connectivity index (χ4n) is 1.60. The zero-order chi connectivity index (χ0) is 16.0. The third kappa shape index (κ3) is 5.92. The molecule has 1 amide bonds. The molecule has 0 spiro atoms. The van der Waals surface area contributed by atoms with Gasteiger partial charge in [0.1, 0.15) is 13.2 Å². The summed E-state index contributed by atoms with van der Waals surface area (Å²) in [5, 5.41) is 11.0. The van der Waals surface area contributed by atoms with E-state index in [1.165, 1.54) is 12.1 Å². The fourth-order valence-corrected chi connectivity index (χ4v) is 2.23. The van der Waals surface area contributed by atoms with Gasteiger partial charge in [0.05, 0.1) is 10.9 Å². The topological polar surface area (TPSA) is 110 Å². The number of hydrogen-bond acceptors (Lipinski definition) is 5. The second kappa shape index (κ2) is 7.19. The molecular formula is C13H17NO6S. The Morgan fingerprint density at radius 1 is 1.24 bits per heavy atom. The van der Waals surface area contributed by atoms with E-state index < -0.39 is 28.3 Å². The van der Waals surface area contributed by atoms with Gasteiger partial charge >= 0.3 is 5.97 Å². The molecule has 0 aliphatic heterocycles. The molecule has 0 aliphatic rings. The van der Waals surface area contributed by atoms with Gasteiger partial charge in [-0.2, -0.15) is 0 Å². The maximum absolute atomic E-state index is 11.5. The normalized spacial score (nSPS) is 12.7. The summed E-state index contributed by atoms with van der Waals surface area (Å²) >= 11 is 0. The lowest BCUT2D eigenvalue weighted by Crippen LogP contribution is -2.30. The minimum Gasteiger partial charge on any atom is -0.480 e. The number of carboxylic acid groups (broad SMARTS) is 1. The molecular weight excluding hydrogens is 298 g/mol. The van der Waals surface area contributed by atoms with E-state index in [4.69, 9.17) is 5.11 Å². The number of hydrogen-bond donors (Lipinski definition) is 2. The number of carbonyl (C=O) groups excluding carboxylic acids is 1. The van der Waals surface area contributed by atoms with Gasteiger partial charge in [-0.3, -0.25) is 4.79 Å². The van der Waals surface area contributed by atoms with Crippen molar-refractivity contribution in [1.29, 1.82) is 0 Å². The summed E-state index contributed by atoms with van der Waals surface area (Å²) in [6, 6.07) is 5.81. The van der Waals surface area contributed by atoms with E-state index in [2.05, 4.69) is 10.1 Å². The summed E-state index contributed by atoms with van der Waals surface area (Å²) in [6.45, 7) is 0.841. The lowest BCUT2D eigenvalue weighted by Gasteiger charge is -2.14. The highest BCUT2D eigenvalue weighted by atomic mass is 32.2. The molecule has 0 saturated carbocycles. The summed E-state index contributed by atoms with van der Waals surface area (Å²) in [6.07, 6.45) is 1.12. The molecule has 0 aromatic heterocycles. The number of ether oxygens (including phenoxy) is 1. The maximum Gasteiger partial charge on any atom is 0.329 e. The third-order valence-electron chi connectivity index (χ3n) is 2.64. The second-order valence-electron chi connectivity index (χ2n) is 4.52. The highest BCUT2D eigenvalue weighted by molar-refractivity contribution is 7.90. The molecule has 1 unspecified atom stereocenters. The van der Waals surface area contributed by atoms with Crippen LogP contribution < -0.4 is 5.32 Å². The van der Waals surface area contributed by atoms with E-state index in [9.17, 15) is 18.0 Å². The molecule has 0 fully saturated rings.